The van der Waals surface area contributed by atoms with Crippen LogP contribution in [0.1, 0.15) is 22.5 Å². The van der Waals surface area contributed by atoms with Gasteiger partial charge in [0.2, 0.25) is 0 Å². The summed E-state index contributed by atoms with van der Waals surface area (Å²) >= 11 is 5.87. The minimum atomic E-state index is -0.0937. The molecule has 120 valence electrons. The van der Waals surface area contributed by atoms with E-state index in [2.05, 4.69) is 15.7 Å². The molecule has 2 N–H and O–H groups in total. The van der Waals surface area contributed by atoms with Crippen LogP contribution in [-0.2, 0) is 0 Å². The van der Waals surface area contributed by atoms with E-state index in [1.807, 2.05) is 26.1 Å². The van der Waals surface area contributed by atoms with Crippen LogP contribution in [0, 0.1) is 6.92 Å². The van der Waals surface area contributed by atoms with E-state index in [9.17, 15) is 4.79 Å². The molecule has 7 heteroatoms. The van der Waals surface area contributed by atoms with E-state index in [1.165, 1.54) is 0 Å². The number of amides is 1. The molecular formula is C15H20Cl2N4O. The molecule has 0 radical (unpaired) electrons. The summed E-state index contributed by atoms with van der Waals surface area (Å²) in [6.45, 7) is 3.35. The standard InChI is InChI=1S/C15H19ClN4O.ClH/c1-11-14(15(21)18-9-3-8-17-2)10-20(19-11)13-6-4-12(16)5-7-13;/h4-7,10,17H,3,8-9H2,1-2H3,(H,18,21);1H. The quantitative estimate of drug-likeness (QED) is 0.793. The van der Waals surface area contributed by atoms with Gasteiger partial charge in [-0.3, -0.25) is 4.79 Å². The van der Waals surface area contributed by atoms with Gasteiger partial charge in [0.1, 0.15) is 0 Å². The van der Waals surface area contributed by atoms with Crippen molar-refractivity contribution in [1.29, 1.82) is 0 Å². The molecule has 2 rings (SSSR count). The van der Waals surface area contributed by atoms with Crippen LogP contribution in [0.2, 0.25) is 5.02 Å². The fourth-order valence-corrected chi connectivity index (χ4v) is 2.10. The Labute approximate surface area is 141 Å². The lowest BCUT2D eigenvalue weighted by Crippen LogP contribution is -2.26. The van der Waals surface area contributed by atoms with Crippen molar-refractivity contribution < 1.29 is 4.79 Å². The second kappa shape index (κ2) is 8.78. The van der Waals surface area contributed by atoms with Crippen LogP contribution < -0.4 is 10.6 Å². The number of aromatic nitrogens is 2. The van der Waals surface area contributed by atoms with Crippen molar-refractivity contribution >= 4 is 29.9 Å². The van der Waals surface area contributed by atoms with Crippen LogP contribution in [0.15, 0.2) is 30.5 Å². The summed E-state index contributed by atoms with van der Waals surface area (Å²) in [7, 11) is 1.89. The molecule has 0 bridgehead atoms. The van der Waals surface area contributed by atoms with E-state index in [0.717, 1.165) is 18.7 Å². The van der Waals surface area contributed by atoms with Crippen molar-refractivity contribution in [3.05, 3.63) is 46.7 Å². The molecule has 22 heavy (non-hydrogen) atoms. The highest BCUT2D eigenvalue weighted by atomic mass is 35.5. The number of nitrogens with one attached hydrogen (secondary N) is 2. The summed E-state index contributed by atoms with van der Waals surface area (Å²) in [6, 6.07) is 7.32. The first-order chi connectivity index (χ1) is 10.1. The Bertz CT molecular complexity index is 611. The van der Waals surface area contributed by atoms with Gasteiger partial charge in [0.05, 0.1) is 16.9 Å². The molecular weight excluding hydrogens is 323 g/mol. The molecule has 0 unspecified atom stereocenters. The van der Waals surface area contributed by atoms with E-state index >= 15 is 0 Å². The fraction of sp³-hybridized carbons (Fsp3) is 0.333. The van der Waals surface area contributed by atoms with Crippen molar-refractivity contribution in [2.75, 3.05) is 20.1 Å². The number of carbonyl (C=O) groups excluding carboxylic acids is 1. The number of nitrogens with zero attached hydrogens (tertiary/aromatic N) is 2. The van der Waals surface area contributed by atoms with Crippen LogP contribution in [0.5, 0.6) is 0 Å². The van der Waals surface area contributed by atoms with Crippen molar-refractivity contribution in [1.82, 2.24) is 20.4 Å². The maximum absolute atomic E-state index is 12.1. The Balaban J connectivity index is 0.00000242. The third-order valence-corrected chi connectivity index (χ3v) is 3.38. The number of carbonyl (C=O) groups is 1. The van der Waals surface area contributed by atoms with Gasteiger partial charge in [-0.25, -0.2) is 4.68 Å². The zero-order chi connectivity index (χ0) is 15.2. The minimum absolute atomic E-state index is 0. The summed E-state index contributed by atoms with van der Waals surface area (Å²) in [5.41, 5.74) is 2.17. The molecule has 1 aromatic carbocycles. The molecule has 0 aliphatic heterocycles. The molecule has 0 spiro atoms. The third kappa shape index (κ3) is 4.73. The predicted molar refractivity (Wildman–Crippen MR) is 91.4 cm³/mol. The second-order valence-electron chi connectivity index (χ2n) is 4.76. The molecule has 5 nitrogen and oxygen atoms in total. The largest absolute Gasteiger partial charge is 0.352 e. The van der Waals surface area contributed by atoms with Crippen molar-refractivity contribution in [3.8, 4) is 5.69 Å². The predicted octanol–water partition coefficient (Wildman–Crippen LogP) is 2.60. The first-order valence-corrected chi connectivity index (χ1v) is 7.24. The first kappa shape index (κ1) is 18.5. The summed E-state index contributed by atoms with van der Waals surface area (Å²) in [4.78, 5) is 12.1. The second-order valence-corrected chi connectivity index (χ2v) is 5.20. The lowest BCUT2D eigenvalue weighted by atomic mass is 10.2. The highest BCUT2D eigenvalue weighted by Crippen LogP contribution is 2.15. The van der Waals surface area contributed by atoms with E-state index in [1.54, 1.807) is 23.0 Å². The smallest absolute Gasteiger partial charge is 0.254 e. The maximum Gasteiger partial charge on any atom is 0.254 e. The highest BCUT2D eigenvalue weighted by Gasteiger charge is 2.13. The molecule has 1 aromatic heterocycles. The van der Waals surface area contributed by atoms with Gasteiger partial charge in [-0.2, -0.15) is 5.10 Å². The summed E-state index contributed by atoms with van der Waals surface area (Å²) in [5.74, 6) is -0.0937. The zero-order valence-electron chi connectivity index (χ0n) is 12.6. The van der Waals surface area contributed by atoms with Gasteiger partial charge in [-0.15, -0.1) is 12.4 Å². The van der Waals surface area contributed by atoms with Gasteiger partial charge in [-0.05, 0) is 51.2 Å². The molecule has 0 aliphatic carbocycles. The van der Waals surface area contributed by atoms with E-state index < -0.39 is 0 Å². The van der Waals surface area contributed by atoms with Crippen LogP contribution in [0.3, 0.4) is 0 Å². The molecule has 2 aromatic rings. The van der Waals surface area contributed by atoms with Crippen LogP contribution in [-0.4, -0.2) is 35.8 Å². The van der Waals surface area contributed by atoms with Crippen molar-refractivity contribution in [3.63, 3.8) is 0 Å². The topological polar surface area (TPSA) is 58.9 Å². The Morgan fingerprint density at radius 3 is 2.59 bits per heavy atom. The normalized spacial score (nSPS) is 10.1. The monoisotopic (exact) mass is 342 g/mol. The summed E-state index contributed by atoms with van der Waals surface area (Å²) in [5, 5.41) is 11.0. The molecule has 1 heterocycles. The number of hydrogen-bond donors (Lipinski definition) is 2. The zero-order valence-corrected chi connectivity index (χ0v) is 14.2. The fourth-order valence-electron chi connectivity index (χ4n) is 1.97. The van der Waals surface area contributed by atoms with E-state index in [0.29, 0.717) is 22.8 Å². The lowest BCUT2D eigenvalue weighted by molar-refractivity contribution is 0.0952. The van der Waals surface area contributed by atoms with Gasteiger partial charge in [0.25, 0.3) is 5.91 Å². The number of halogens is 2. The molecule has 1 amide bonds. The average molecular weight is 343 g/mol. The lowest BCUT2D eigenvalue weighted by Gasteiger charge is -2.03. The summed E-state index contributed by atoms with van der Waals surface area (Å²) < 4.78 is 1.69. The summed E-state index contributed by atoms with van der Waals surface area (Å²) in [6.07, 6.45) is 2.64. The molecule has 0 aliphatic rings. The van der Waals surface area contributed by atoms with Crippen molar-refractivity contribution in [2.24, 2.45) is 0 Å². The molecule has 0 saturated heterocycles. The van der Waals surface area contributed by atoms with Gasteiger partial charge >= 0.3 is 0 Å². The third-order valence-electron chi connectivity index (χ3n) is 3.12. The Morgan fingerprint density at radius 1 is 1.27 bits per heavy atom. The minimum Gasteiger partial charge on any atom is -0.352 e. The highest BCUT2D eigenvalue weighted by molar-refractivity contribution is 6.30. The van der Waals surface area contributed by atoms with Crippen LogP contribution >= 0.6 is 24.0 Å². The maximum atomic E-state index is 12.1. The van der Waals surface area contributed by atoms with Crippen LogP contribution in [0.4, 0.5) is 0 Å². The van der Waals surface area contributed by atoms with Gasteiger partial charge in [0, 0.05) is 17.8 Å². The Morgan fingerprint density at radius 2 is 1.95 bits per heavy atom. The molecule has 0 saturated carbocycles. The first-order valence-electron chi connectivity index (χ1n) is 6.87. The van der Waals surface area contributed by atoms with Gasteiger partial charge < -0.3 is 10.6 Å². The molecule has 0 fully saturated rings. The van der Waals surface area contributed by atoms with Crippen molar-refractivity contribution in [2.45, 2.75) is 13.3 Å². The van der Waals surface area contributed by atoms with Gasteiger partial charge in [0.15, 0.2) is 0 Å². The number of benzene rings is 1. The number of aryl methyl sites for hydroxylation is 1. The number of rotatable bonds is 6. The average Bonchev–Trinajstić information content (AvgIpc) is 2.86. The van der Waals surface area contributed by atoms with E-state index in [4.69, 9.17) is 11.6 Å². The molecule has 0 atom stereocenters. The number of hydrogen-bond acceptors (Lipinski definition) is 3. The Hall–Kier alpha value is -1.56. The van der Waals surface area contributed by atoms with Crippen LogP contribution in [0.25, 0.3) is 5.69 Å². The SMILES string of the molecule is CNCCCNC(=O)c1cn(-c2ccc(Cl)cc2)nc1C.Cl. The van der Waals surface area contributed by atoms with E-state index in [-0.39, 0.29) is 18.3 Å². The van der Waals surface area contributed by atoms with Gasteiger partial charge in [-0.1, -0.05) is 11.6 Å². The Kier molecular flexibility index (Phi) is 7.38.